The van der Waals surface area contributed by atoms with E-state index in [-0.39, 0.29) is 43.0 Å². The first-order valence-corrected chi connectivity index (χ1v) is 21.4. The summed E-state index contributed by atoms with van der Waals surface area (Å²) in [6.07, 6.45) is 8.17. The number of carbonyl (C=O) groups excluding carboxylic acids is 4. The number of nitrogens with zero attached hydrogens (tertiary/aromatic N) is 4. The summed E-state index contributed by atoms with van der Waals surface area (Å²) >= 11 is 3.13. The van der Waals surface area contributed by atoms with Crippen LogP contribution in [0.2, 0.25) is 0 Å². The Balaban J connectivity index is 0.000000232. The molecule has 13 heteroatoms. The molecule has 0 bridgehead atoms. The molecule has 2 aromatic carbocycles. The second-order valence-electron chi connectivity index (χ2n) is 14.5. The van der Waals surface area contributed by atoms with Gasteiger partial charge in [-0.2, -0.15) is 0 Å². The number of amides is 4. The van der Waals surface area contributed by atoms with E-state index in [0.717, 1.165) is 108 Å². The van der Waals surface area contributed by atoms with Crippen LogP contribution in [0.3, 0.4) is 0 Å². The number of carbonyl (C=O) groups is 4. The van der Waals surface area contributed by atoms with Gasteiger partial charge in [0, 0.05) is 43.8 Å². The Bertz CT molecular complexity index is 1520. The molecule has 4 saturated heterocycles. The molecule has 312 valence electrons. The number of hydrogen-bond donors (Lipinski definition) is 0. The van der Waals surface area contributed by atoms with Crippen molar-refractivity contribution in [1.29, 1.82) is 0 Å². The highest BCUT2D eigenvalue weighted by Gasteiger charge is 2.40. The summed E-state index contributed by atoms with van der Waals surface area (Å²) in [4.78, 5) is 57.3. The van der Waals surface area contributed by atoms with Crippen molar-refractivity contribution in [3.8, 4) is 0 Å². The van der Waals surface area contributed by atoms with Crippen molar-refractivity contribution in [3.63, 3.8) is 0 Å². The van der Waals surface area contributed by atoms with Gasteiger partial charge in [0.15, 0.2) is 0 Å². The molecule has 3 atom stereocenters. The van der Waals surface area contributed by atoms with Crippen molar-refractivity contribution in [2.45, 2.75) is 63.5 Å². The Hall–Kier alpha value is -3.88. The smallest absolute Gasteiger partial charge is 0.416 e. The molecule has 0 N–H and O–H groups in total. The van der Waals surface area contributed by atoms with Crippen LogP contribution in [0.1, 0.15) is 49.7 Å². The van der Waals surface area contributed by atoms with Crippen molar-refractivity contribution in [1.82, 2.24) is 19.6 Å². The minimum atomic E-state index is -0.520. The van der Waals surface area contributed by atoms with E-state index in [1.54, 1.807) is 12.2 Å². The molecule has 2 aromatic rings. The van der Waals surface area contributed by atoms with Crippen molar-refractivity contribution in [3.05, 3.63) is 97.1 Å². The van der Waals surface area contributed by atoms with Crippen LogP contribution in [-0.2, 0) is 41.4 Å². The summed E-state index contributed by atoms with van der Waals surface area (Å²) in [5.41, 5.74) is 2.20. The van der Waals surface area contributed by atoms with Gasteiger partial charge in [0.1, 0.15) is 13.2 Å². The normalized spacial score (nSPS) is 20.3. The maximum Gasteiger partial charge on any atom is 0.416 e. The molecule has 4 aliphatic rings. The number of cyclic esters (lactones) is 2. The highest BCUT2D eigenvalue weighted by atomic mass is 79.9. The fourth-order valence-corrected chi connectivity index (χ4v) is 7.25. The third kappa shape index (κ3) is 15.8. The van der Waals surface area contributed by atoms with Crippen LogP contribution < -0.4 is 0 Å². The number of rotatable bonds is 17. The van der Waals surface area contributed by atoms with Gasteiger partial charge in [-0.15, -0.1) is 13.2 Å². The number of unbranched alkanes of at least 4 members (excludes halogenated alkanes) is 1. The predicted octanol–water partition coefficient (Wildman–Crippen LogP) is 6.53. The van der Waals surface area contributed by atoms with E-state index in [1.165, 1.54) is 9.80 Å². The minimum Gasteiger partial charge on any atom is -0.447 e. The van der Waals surface area contributed by atoms with E-state index in [1.807, 2.05) is 60.7 Å². The zero-order valence-electron chi connectivity index (χ0n) is 33.4. The fourth-order valence-electron chi connectivity index (χ4n) is 7.25. The zero-order valence-corrected chi connectivity index (χ0v) is 34.9. The van der Waals surface area contributed by atoms with E-state index in [9.17, 15) is 19.2 Å². The summed E-state index contributed by atoms with van der Waals surface area (Å²) in [6, 6.07) is 19.4. The molecule has 6 rings (SSSR count). The third-order valence-electron chi connectivity index (χ3n) is 10.3. The Morgan fingerprint density at radius 3 is 1.67 bits per heavy atom. The van der Waals surface area contributed by atoms with Crippen LogP contribution in [0.25, 0.3) is 0 Å². The average Bonchev–Trinajstić information content (AvgIpc) is 3.80. The number of imide groups is 2. The van der Waals surface area contributed by atoms with Gasteiger partial charge in [0.05, 0.1) is 38.5 Å². The molecule has 4 fully saturated rings. The summed E-state index contributed by atoms with van der Waals surface area (Å²) in [5, 5.41) is 0.896. The maximum atomic E-state index is 13.2. The molecular formula is C44H61BrN4O8. The second-order valence-corrected chi connectivity index (χ2v) is 15.1. The first-order chi connectivity index (χ1) is 27.8. The molecule has 0 spiro atoms. The van der Waals surface area contributed by atoms with E-state index < -0.39 is 12.2 Å². The summed E-state index contributed by atoms with van der Waals surface area (Å²) < 4.78 is 21.0. The Kier molecular flexibility index (Phi) is 21.0. The SMILES string of the molecule is C=CCBr.C=CC[C@@H](CCCN1CCOCC1)C(=O)N1C(=O)OC[C@@H]1Cc1ccccc1.O=C(CCCCN1CCOCC1)N1C(=O)OC[C@@H]1Cc1ccccc1. The van der Waals surface area contributed by atoms with Crippen molar-refractivity contribution >= 4 is 39.9 Å². The lowest BCUT2D eigenvalue weighted by molar-refractivity contribution is -0.133. The van der Waals surface area contributed by atoms with Crippen molar-refractivity contribution in [2.75, 3.05) is 84.2 Å². The van der Waals surface area contributed by atoms with Crippen LogP contribution in [0.4, 0.5) is 9.59 Å². The minimum absolute atomic E-state index is 0.120. The van der Waals surface area contributed by atoms with E-state index >= 15 is 0 Å². The Labute approximate surface area is 347 Å². The van der Waals surface area contributed by atoms with Gasteiger partial charge in [0.25, 0.3) is 0 Å². The highest BCUT2D eigenvalue weighted by molar-refractivity contribution is 9.09. The molecule has 4 amide bonds. The van der Waals surface area contributed by atoms with Crippen LogP contribution in [0.15, 0.2) is 86.0 Å². The lowest BCUT2D eigenvalue weighted by Crippen LogP contribution is -2.43. The number of morpholine rings is 2. The van der Waals surface area contributed by atoms with Gasteiger partial charge >= 0.3 is 12.2 Å². The largest absolute Gasteiger partial charge is 0.447 e. The van der Waals surface area contributed by atoms with Gasteiger partial charge in [-0.3, -0.25) is 19.4 Å². The topological polar surface area (TPSA) is 118 Å². The molecule has 0 aromatic heterocycles. The van der Waals surface area contributed by atoms with Crippen molar-refractivity contribution < 1.29 is 38.1 Å². The molecular weight excluding hydrogens is 792 g/mol. The lowest BCUT2D eigenvalue weighted by Gasteiger charge is -2.28. The third-order valence-corrected chi connectivity index (χ3v) is 10.8. The van der Waals surface area contributed by atoms with E-state index in [0.29, 0.717) is 25.7 Å². The molecule has 4 heterocycles. The van der Waals surface area contributed by atoms with Gasteiger partial charge in [-0.05, 0) is 69.2 Å². The van der Waals surface area contributed by atoms with Crippen molar-refractivity contribution in [2.24, 2.45) is 5.92 Å². The fraction of sp³-hybridized carbons (Fsp3) is 0.545. The molecule has 0 saturated carbocycles. The van der Waals surface area contributed by atoms with Crippen LogP contribution in [0.5, 0.6) is 0 Å². The maximum absolute atomic E-state index is 13.2. The molecule has 0 radical (unpaired) electrons. The number of ether oxygens (including phenoxy) is 4. The molecule has 4 aliphatic heterocycles. The Morgan fingerprint density at radius 1 is 0.702 bits per heavy atom. The number of hydrogen-bond acceptors (Lipinski definition) is 10. The molecule has 0 unspecified atom stereocenters. The molecule has 0 aliphatic carbocycles. The zero-order chi connectivity index (χ0) is 40.7. The number of allylic oxidation sites excluding steroid dienone is 2. The Morgan fingerprint density at radius 2 is 1.18 bits per heavy atom. The summed E-state index contributed by atoms with van der Waals surface area (Å²) in [6.45, 7) is 16.6. The van der Waals surface area contributed by atoms with Gasteiger partial charge in [-0.1, -0.05) is 88.7 Å². The lowest BCUT2D eigenvalue weighted by atomic mass is 9.96. The number of benzene rings is 2. The average molecular weight is 854 g/mol. The second kappa shape index (κ2) is 26.2. The van der Waals surface area contributed by atoms with Crippen LogP contribution >= 0.6 is 15.9 Å². The summed E-state index contributed by atoms with van der Waals surface area (Å²) in [5.74, 6) is -0.488. The predicted molar refractivity (Wildman–Crippen MR) is 224 cm³/mol. The molecule has 12 nitrogen and oxygen atoms in total. The van der Waals surface area contributed by atoms with E-state index in [4.69, 9.17) is 18.9 Å². The van der Waals surface area contributed by atoms with Crippen LogP contribution in [-0.4, -0.2) is 140 Å². The van der Waals surface area contributed by atoms with Gasteiger partial charge in [0.2, 0.25) is 11.8 Å². The first-order valence-electron chi connectivity index (χ1n) is 20.3. The number of alkyl halides is 1. The quantitative estimate of drug-likeness (QED) is 0.0989. The summed E-state index contributed by atoms with van der Waals surface area (Å²) in [7, 11) is 0. The first kappa shape index (κ1) is 45.8. The molecule has 57 heavy (non-hydrogen) atoms. The number of halogens is 1. The van der Waals surface area contributed by atoms with Gasteiger partial charge < -0.3 is 18.9 Å². The standard InChI is InChI=1S/C22H30N2O4.C19H26N2O4.C3H5Br/c1-2-7-19(10-6-11-23-12-14-27-15-13-23)21(25)24-20(17-28-22(24)26)16-18-8-4-3-5-9-18;22-18(8-4-5-9-20-10-12-24-13-11-20)21-17(15-25-19(21)23)14-16-6-2-1-3-7-16;1-2-3-4/h2-5,8-9,19-20H,1,6-7,10-17H2;1-3,6-7,17H,4-5,8-15H2;2H,1,3H2/t19-,20-;17-;/m00./s1. The van der Waals surface area contributed by atoms with Crippen LogP contribution in [0, 0.1) is 5.92 Å². The van der Waals surface area contributed by atoms with Gasteiger partial charge in [-0.25, -0.2) is 19.4 Å². The monoisotopic (exact) mass is 852 g/mol. The highest BCUT2D eigenvalue weighted by Crippen LogP contribution is 2.24. The van der Waals surface area contributed by atoms with E-state index in [2.05, 4.69) is 38.9 Å².